The predicted octanol–water partition coefficient (Wildman–Crippen LogP) is 4.39. The van der Waals surface area contributed by atoms with E-state index < -0.39 is 0 Å². The average molecular weight is 338 g/mol. The third kappa shape index (κ3) is 3.17. The Balaban J connectivity index is 1.54. The standard InChI is InChI=1S/C19H18N2O2S/c1-13-17(21-16-6-3-2-5-15(16)20-13)12-24-14-7-8-18-19(11-14)23-10-4-9-22-18/h2-3,5-8,11H,4,9-10,12H2,1H3. The number of fused-ring (bicyclic) bond motifs is 2. The van der Waals surface area contributed by atoms with E-state index in [1.165, 1.54) is 0 Å². The number of aryl methyl sites for hydroxylation is 1. The Morgan fingerprint density at radius 3 is 2.54 bits per heavy atom. The number of ether oxygens (including phenoxy) is 2. The lowest BCUT2D eigenvalue weighted by Crippen LogP contribution is -1.97. The maximum atomic E-state index is 5.76. The molecular weight excluding hydrogens is 320 g/mol. The molecule has 0 radical (unpaired) electrons. The number of para-hydroxylation sites is 2. The molecule has 2 heterocycles. The van der Waals surface area contributed by atoms with Gasteiger partial charge in [-0.1, -0.05) is 12.1 Å². The van der Waals surface area contributed by atoms with Crippen molar-refractivity contribution in [3.8, 4) is 11.5 Å². The third-order valence-electron chi connectivity index (χ3n) is 3.94. The number of hydrogen-bond donors (Lipinski definition) is 0. The van der Waals surface area contributed by atoms with Crippen molar-refractivity contribution < 1.29 is 9.47 Å². The molecule has 1 aliphatic rings. The number of rotatable bonds is 3. The second-order valence-corrected chi connectivity index (χ2v) is 6.74. The number of hydrogen-bond acceptors (Lipinski definition) is 5. The van der Waals surface area contributed by atoms with Gasteiger partial charge in [0.2, 0.25) is 0 Å². The summed E-state index contributed by atoms with van der Waals surface area (Å²) in [5.74, 6) is 2.45. The second-order valence-electron chi connectivity index (χ2n) is 5.69. The van der Waals surface area contributed by atoms with Gasteiger partial charge in [-0.25, -0.2) is 9.97 Å². The number of aromatic nitrogens is 2. The molecule has 1 aliphatic heterocycles. The van der Waals surface area contributed by atoms with Crippen molar-refractivity contribution in [1.82, 2.24) is 9.97 Å². The van der Waals surface area contributed by atoms with Crippen molar-refractivity contribution in [2.75, 3.05) is 13.2 Å². The van der Waals surface area contributed by atoms with Crippen LogP contribution >= 0.6 is 11.8 Å². The normalized spacial score (nSPS) is 13.7. The van der Waals surface area contributed by atoms with Crippen molar-refractivity contribution in [3.63, 3.8) is 0 Å². The molecule has 24 heavy (non-hydrogen) atoms. The minimum Gasteiger partial charge on any atom is -0.490 e. The molecule has 0 spiro atoms. The van der Waals surface area contributed by atoms with Crippen molar-refractivity contribution in [1.29, 1.82) is 0 Å². The van der Waals surface area contributed by atoms with Gasteiger partial charge in [0.05, 0.1) is 35.6 Å². The van der Waals surface area contributed by atoms with E-state index in [1.54, 1.807) is 11.8 Å². The van der Waals surface area contributed by atoms with Crippen LogP contribution in [0.3, 0.4) is 0 Å². The first-order chi connectivity index (χ1) is 11.8. The average Bonchev–Trinajstić information content (AvgIpc) is 2.84. The summed E-state index contributed by atoms with van der Waals surface area (Å²) >= 11 is 1.74. The third-order valence-corrected chi connectivity index (χ3v) is 4.94. The summed E-state index contributed by atoms with van der Waals surface area (Å²) < 4.78 is 11.4. The van der Waals surface area contributed by atoms with Crippen LogP contribution in [0.15, 0.2) is 47.4 Å². The molecule has 0 atom stereocenters. The molecule has 1 aromatic heterocycles. The zero-order chi connectivity index (χ0) is 16.4. The summed E-state index contributed by atoms with van der Waals surface area (Å²) in [6.07, 6.45) is 0.920. The largest absolute Gasteiger partial charge is 0.490 e. The van der Waals surface area contributed by atoms with Gasteiger partial charge in [0.25, 0.3) is 0 Å². The fourth-order valence-electron chi connectivity index (χ4n) is 2.65. The molecule has 4 nitrogen and oxygen atoms in total. The Kier molecular flexibility index (Phi) is 4.26. The molecule has 3 aromatic rings. The molecule has 0 saturated heterocycles. The Bertz CT molecular complexity index is 882. The van der Waals surface area contributed by atoms with Gasteiger partial charge in [0.15, 0.2) is 11.5 Å². The highest BCUT2D eigenvalue weighted by Gasteiger charge is 2.12. The van der Waals surface area contributed by atoms with Gasteiger partial charge in [0.1, 0.15) is 0 Å². The smallest absolute Gasteiger partial charge is 0.162 e. The Morgan fingerprint density at radius 2 is 1.71 bits per heavy atom. The summed E-state index contributed by atoms with van der Waals surface area (Å²) in [5.41, 5.74) is 3.89. The van der Waals surface area contributed by atoms with Gasteiger partial charge in [-0.05, 0) is 37.3 Å². The van der Waals surface area contributed by atoms with Crippen molar-refractivity contribution in [3.05, 3.63) is 53.9 Å². The molecule has 0 amide bonds. The molecular formula is C19H18N2O2S. The van der Waals surface area contributed by atoms with Crippen LogP contribution in [0, 0.1) is 6.92 Å². The van der Waals surface area contributed by atoms with Gasteiger partial charge in [0, 0.05) is 17.1 Å². The number of benzene rings is 2. The highest BCUT2D eigenvalue weighted by Crippen LogP contribution is 2.35. The van der Waals surface area contributed by atoms with E-state index in [-0.39, 0.29) is 0 Å². The lowest BCUT2D eigenvalue weighted by molar-refractivity contribution is 0.297. The topological polar surface area (TPSA) is 44.2 Å². The van der Waals surface area contributed by atoms with Crippen LogP contribution in [-0.4, -0.2) is 23.2 Å². The maximum Gasteiger partial charge on any atom is 0.162 e. The van der Waals surface area contributed by atoms with Gasteiger partial charge in [-0.3, -0.25) is 0 Å². The summed E-state index contributed by atoms with van der Waals surface area (Å²) in [5, 5.41) is 0. The van der Waals surface area contributed by atoms with Crippen LogP contribution in [0.1, 0.15) is 17.8 Å². The summed E-state index contributed by atoms with van der Waals surface area (Å²) in [7, 11) is 0. The maximum absolute atomic E-state index is 5.76. The molecule has 0 N–H and O–H groups in total. The fourth-order valence-corrected chi connectivity index (χ4v) is 3.58. The fraction of sp³-hybridized carbons (Fsp3) is 0.263. The van der Waals surface area contributed by atoms with Crippen LogP contribution in [0.5, 0.6) is 11.5 Å². The first kappa shape index (κ1) is 15.3. The molecule has 2 aromatic carbocycles. The summed E-state index contributed by atoms with van der Waals surface area (Å²) in [6.45, 7) is 3.44. The summed E-state index contributed by atoms with van der Waals surface area (Å²) in [6, 6.07) is 14.1. The predicted molar refractivity (Wildman–Crippen MR) is 95.9 cm³/mol. The van der Waals surface area contributed by atoms with Gasteiger partial charge in [-0.15, -0.1) is 11.8 Å². The van der Waals surface area contributed by atoms with E-state index in [9.17, 15) is 0 Å². The molecule has 0 bridgehead atoms. The monoisotopic (exact) mass is 338 g/mol. The SMILES string of the molecule is Cc1nc2ccccc2nc1CSc1ccc2c(c1)OCCCO2. The van der Waals surface area contributed by atoms with Crippen LogP contribution in [-0.2, 0) is 5.75 Å². The van der Waals surface area contributed by atoms with Crippen LogP contribution in [0.2, 0.25) is 0 Å². The minimum atomic E-state index is 0.705. The zero-order valence-corrected chi connectivity index (χ0v) is 14.3. The summed E-state index contributed by atoms with van der Waals surface area (Å²) in [4.78, 5) is 10.5. The second kappa shape index (κ2) is 6.69. The molecule has 4 rings (SSSR count). The van der Waals surface area contributed by atoms with E-state index in [0.29, 0.717) is 13.2 Å². The Labute approximate surface area is 145 Å². The lowest BCUT2D eigenvalue weighted by Gasteiger charge is -2.10. The van der Waals surface area contributed by atoms with Gasteiger partial charge >= 0.3 is 0 Å². The zero-order valence-electron chi connectivity index (χ0n) is 13.5. The highest BCUT2D eigenvalue weighted by molar-refractivity contribution is 7.98. The molecule has 0 unspecified atom stereocenters. The van der Waals surface area contributed by atoms with E-state index in [2.05, 4.69) is 17.1 Å². The van der Waals surface area contributed by atoms with E-state index in [1.807, 2.05) is 37.3 Å². The quantitative estimate of drug-likeness (QED) is 0.663. The Hall–Kier alpha value is -2.27. The first-order valence-electron chi connectivity index (χ1n) is 8.04. The van der Waals surface area contributed by atoms with Crippen LogP contribution in [0.4, 0.5) is 0 Å². The highest BCUT2D eigenvalue weighted by atomic mass is 32.2. The van der Waals surface area contributed by atoms with Gasteiger partial charge in [-0.2, -0.15) is 0 Å². The molecule has 0 saturated carbocycles. The molecule has 0 aliphatic carbocycles. The molecule has 5 heteroatoms. The van der Waals surface area contributed by atoms with Gasteiger partial charge < -0.3 is 9.47 Å². The Morgan fingerprint density at radius 1 is 0.958 bits per heavy atom. The van der Waals surface area contributed by atoms with Crippen LogP contribution in [0.25, 0.3) is 11.0 Å². The number of thioether (sulfide) groups is 1. The van der Waals surface area contributed by atoms with Crippen LogP contribution < -0.4 is 9.47 Å². The lowest BCUT2D eigenvalue weighted by atomic mass is 10.2. The molecule has 0 fully saturated rings. The van der Waals surface area contributed by atoms with Crippen molar-refractivity contribution >= 4 is 22.8 Å². The molecule has 122 valence electrons. The minimum absolute atomic E-state index is 0.705. The van der Waals surface area contributed by atoms with E-state index in [4.69, 9.17) is 14.5 Å². The van der Waals surface area contributed by atoms with E-state index >= 15 is 0 Å². The first-order valence-corrected chi connectivity index (χ1v) is 9.03. The number of nitrogens with zero attached hydrogens (tertiary/aromatic N) is 2. The van der Waals surface area contributed by atoms with Crippen molar-refractivity contribution in [2.24, 2.45) is 0 Å². The van der Waals surface area contributed by atoms with Crippen molar-refractivity contribution in [2.45, 2.75) is 24.0 Å². The van der Waals surface area contributed by atoms with E-state index in [0.717, 1.165) is 51.0 Å².